The minimum Gasteiger partial charge on any atom is -0.483 e. The summed E-state index contributed by atoms with van der Waals surface area (Å²) in [6.45, 7) is 4.22. The Kier molecular flexibility index (Phi) is 61.4. The molecular weight excluding hydrogens is 872 g/mol. The lowest BCUT2D eigenvalue weighted by Gasteiger charge is -2.02. The third kappa shape index (κ3) is 95.0. The zero-order valence-electron chi connectivity index (χ0n) is 34.6. The number of rotatable bonds is 23. The van der Waals surface area contributed by atoms with Gasteiger partial charge >= 0.3 is 72.6 Å². The third-order valence-electron chi connectivity index (χ3n) is 5.43. The molecule has 1 unspecified atom stereocenters. The van der Waals surface area contributed by atoms with Crippen molar-refractivity contribution in [1.29, 1.82) is 0 Å². The molecule has 0 aromatic heterocycles. The molecule has 0 saturated carbocycles. The molecule has 0 heterocycles. The van der Waals surface area contributed by atoms with Crippen molar-refractivity contribution in [3.63, 3.8) is 0 Å². The molecule has 0 aliphatic carbocycles. The van der Waals surface area contributed by atoms with E-state index in [4.69, 9.17) is 70.6 Å². The predicted molar refractivity (Wildman–Crippen MR) is 213 cm³/mol. The molecule has 0 spiro atoms. The van der Waals surface area contributed by atoms with E-state index in [1.54, 1.807) is 30.3 Å². The van der Waals surface area contributed by atoms with Crippen LogP contribution in [-0.2, 0) is 67.0 Å². The molecule has 1 aromatic rings. The highest BCUT2D eigenvalue weighted by molar-refractivity contribution is 5.87. The van der Waals surface area contributed by atoms with Crippen molar-refractivity contribution in [1.82, 2.24) is 0 Å². The summed E-state index contributed by atoms with van der Waals surface area (Å²) < 4.78 is 7.96. The van der Waals surface area contributed by atoms with Crippen molar-refractivity contribution in [3.05, 3.63) is 48.6 Å². The number of carbonyl (C=O) groups is 13. The van der Waals surface area contributed by atoms with E-state index in [0.717, 1.165) is 6.08 Å². The number of carbonyl (C=O) groups excluding carboxylic acids is 4. The number of benzene rings is 1. The highest BCUT2D eigenvalue weighted by atomic mass is 16.6. The van der Waals surface area contributed by atoms with Crippen LogP contribution in [0.3, 0.4) is 0 Å². The van der Waals surface area contributed by atoms with Crippen LogP contribution in [0.5, 0.6) is 0 Å². The fourth-order valence-corrected chi connectivity index (χ4v) is 2.69. The number of hydrogen-bond acceptors (Lipinski definition) is 17. The first kappa shape index (κ1) is 70.9. The lowest BCUT2D eigenvalue weighted by atomic mass is 10.2. The lowest BCUT2D eigenvalue weighted by molar-refractivity contribution is -0.160. The number of aliphatic hydroxyl groups is 2. The van der Waals surface area contributed by atoms with Gasteiger partial charge < -0.3 is 65.6 Å². The summed E-state index contributed by atoms with van der Waals surface area (Å²) in [5.41, 5.74) is 0.331. The molecule has 1 aromatic carbocycles. The van der Waals surface area contributed by atoms with Crippen LogP contribution < -0.4 is 0 Å². The van der Waals surface area contributed by atoms with Gasteiger partial charge in [0, 0.05) is 44.6 Å². The topological polar surface area (TPSA) is 463 Å². The van der Waals surface area contributed by atoms with Gasteiger partial charge in [-0.05, 0) is 57.6 Å². The van der Waals surface area contributed by atoms with Gasteiger partial charge in [0.15, 0.2) is 0 Å². The van der Waals surface area contributed by atoms with Crippen LogP contribution in [0.15, 0.2) is 43.0 Å². The largest absolute Gasteiger partial charge is 0.483 e. The Labute approximate surface area is 365 Å². The van der Waals surface area contributed by atoms with E-state index in [2.05, 4.69) is 16.1 Å². The summed E-state index contributed by atoms with van der Waals surface area (Å²) in [4.78, 5) is 128. The average molecular weight is 929 g/mol. The molecular formula is C38H56O26. The van der Waals surface area contributed by atoms with Gasteiger partial charge in [-0.25, -0.2) is 9.59 Å². The van der Waals surface area contributed by atoms with E-state index in [1.807, 2.05) is 0 Å². The Morgan fingerprint density at radius 3 is 0.953 bits per heavy atom. The minimum atomic E-state index is -1.08. The molecule has 26 heteroatoms. The fourth-order valence-electron chi connectivity index (χ4n) is 2.69. The van der Waals surface area contributed by atoms with Crippen molar-refractivity contribution in [2.75, 3.05) is 6.61 Å². The van der Waals surface area contributed by atoms with Crippen LogP contribution in [0.1, 0.15) is 107 Å². The van der Waals surface area contributed by atoms with Crippen LogP contribution in [0.4, 0.5) is 0 Å². The lowest BCUT2D eigenvalue weighted by Crippen LogP contribution is -2.12. The van der Waals surface area contributed by atoms with Gasteiger partial charge in [-0.3, -0.25) is 52.7 Å². The number of carboxylic acids is 8. The Balaban J connectivity index is -0.000000124. The van der Waals surface area contributed by atoms with Gasteiger partial charge in [0.05, 0.1) is 31.1 Å². The molecule has 64 heavy (non-hydrogen) atoms. The number of hydrogen-bond donors (Lipinski definition) is 11. The number of aromatic carboxylic acids is 1. The Hall–Kier alpha value is -7.61. The van der Waals surface area contributed by atoms with Crippen molar-refractivity contribution in [2.45, 2.75) is 103 Å². The summed E-state index contributed by atoms with van der Waals surface area (Å²) in [5.74, 6) is -8.95. The standard InChI is InChI=1S/C12H18O7.C7H6O2.C6H10O4.C4H6O4.C3H8O2.C3H4O2.C2H2O3.CH2O2/c13-9(14)5-1-3-7-11(17)19-12(18)8-4-2-6-10(15)16;8-7(9)6-4-2-1-3-5-6;7-5(8)3-1-2-4-6(9)10;5-3(6)1-2-4(7)8;1-3(5)2-4;1-2-3(4)5;3-1-5-2-4;2-1-3/h1-8H2,(H,13,14)(H,15,16);1-5H,(H,8,9);1-4H2,(H,7,8)(H,9,10);1-2H2,(H,5,6)(H,7,8);3-5H,2H2,1H3;2H,1H2,(H,4,5);1-2H;1H,(H,2,3). The monoisotopic (exact) mass is 928 g/mol. The van der Waals surface area contributed by atoms with Gasteiger partial charge in [0.1, 0.15) is 0 Å². The summed E-state index contributed by atoms with van der Waals surface area (Å²) in [7, 11) is 0. The Morgan fingerprint density at radius 1 is 0.547 bits per heavy atom. The summed E-state index contributed by atoms with van der Waals surface area (Å²) >= 11 is 0. The number of ether oxygens (including phenoxy) is 2. The Bertz CT molecular complexity index is 1420. The summed E-state index contributed by atoms with van der Waals surface area (Å²) in [6.07, 6.45) is 2.11. The second-order valence-corrected chi connectivity index (χ2v) is 11.0. The van der Waals surface area contributed by atoms with Gasteiger partial charge in [0.25, 0.3) is 6.47 Å². The molecule has 0 saturated heterocycles. The van der Waals surface area contributed by atoms with Gasteiger partial charge in [-0.2, -0.15) is 0 Å². The minimum absolute atomic E-state index is 0.00808. The normalized spacial score (nSPS) is 8.98. The molecule has 26 nitrogen and oxygen atoms in total. The molecule has 0 fully saturated rings. The summed E-state index contributed by atoms with van der Waals surface area (Å²) in [5, 5.41) is 87.7. The number of unbranched alkanes of at least 4 members (excludes halogenated alkanes) is 3. The highest BCUT2D eigenvalue weighted by Gasteiger charge is 2.11. The summed E-state index contributed by atoms with van der Waals surface area (Å²) in [6, 6.07) is 8.30. The number of aliphatic hydroxyl groups excluding tert-OH is 2. The van der Waals surface area contributed by atoms with Crippen molar-refractivity contribution in [2.24, 2.45) is 0 Å². The first-order valence-electron chi connectivity index (χ1n) is 17.9. The van der Waals surface area contributed by atoms with E-state index >= 15 is 0 Å². The van der Waals surface area contributed by atoms with Crippen LogP contribution in [0.2, 0.25) is 0 Å². The Morgan fingerprint density at radius 2 is 0.797 bits per heavy atom. The van der Waals surface area contributed by atoms with E-state index < -0.39 is 65.8 Å². The quantitative estimate of drug-likeness (QED) is 0.0246. The fraction of sp³-hybridized carbons (Fsp3) is 0.447. The smallest absolute Gasteiger partial charge is 0.335 e. The highest BCUT2D eigenvalue weighted by Crippen LogP contribution is 2.05. The first-order valence-corrected chi connectivity index (χ1v) is 17.9. The molecule has 364 valence electrons. The molecule has 11 N–H and O–H groups in total. The molecule has 1 atom stereocenters. The number of aliphatic carboxylic acids is 7. The second kappa shape index (κ2) is 55.4. The zero-order valence-corrected chi connectivity index (χ0v) is 34.6. The second-order valence-electron chi connectivity index (χ2n) is 11.0. The molecule has 0 bridgehead atoms. The molecule has 0 aliphatic rings. The maximum atomic E-state index is 11.2. The van der Waals surface area contributed by atoms with Crippen LogP contribution >= 0.6 is 0 Å². The predicted octanol–water partition coefficient (Wildman–Crippen LogP) is 2.02. The van der Waals surface area contributed by atoms with Crippen LogP contribution in [0.25, 0.3) is 0 Å². The van der Waals surface area contributed by atoms with Crippen molar-refractivity contribution < 1.29 is 128 Å². The van der Waals surface area contributed by atoms with Crippen molar-refractivity contribution >= 4 is 79.1 Å². The molecule has 1 rings (SSSR count). The van der Waals surface area contributed by atoms with Gasteiger partial charge in [-0.1, -0.05) is 24.8 Å². The van der Waals surface area contributed by atoms with Crippen molar-refractivity contribution in [3.8, 4) is 0 Å². The number of esters is 2. The first-order chi connectivity index (χ1) is 29.8. The zero-order chi connectivity index (χ0) is 51.3. The van der Waals surface area contributed by atoms with E-state index in [-0.39, 0.29) is 77.4 Å². The van der Waals surface area contributed by atoms with Gasteiger partial charge in [-0.15, -0.1) is 0 Å². The maximum absolute atomic E-state index is 11.2. The van der Waals surface area contributed by atoms with Crippen LogP contribution in [-0.4, -0.2) is 148 Å². The third-order valence-corrected chi connectivity index (χ3v) is 5.43. The molecule has 0 amide bonds. The van der Waals surface area contributed by atoms with Gasteiger partial charge in [0.2, 0.25) is 0 Å². The maximum Gasteiger partial charge on any atom is 0.335 e. The van der Waals surface area contributed by atoms with E-state index in [1.165, 1.54) is 6.92 Å². The molecule has 0 aliphatic heterocycles. The average Bonchev–Trinajstić information content (AvgIpc) is 3.21. The van der Waals surface area contributed by atoms with E-state index in [9.17, 15) is 47.9 Å². The number of carboxylic acid groups (broad SMARTS) is 9. The SMILES string of the molecule is C=CC(=O)O.CC(O)CO.O=C(O)CCC(=O)O.O=C(O)CCCCC(=O)O.O=C(O)CCCCC(=O)OC(=O)CCCCC(=O)O.O=C(O)c1ccccc1.O=CO.O=COC=O. The van der Waals surface area contributed by atoms with Crippen LogP contribution in [0, 0.1) is 0 Å². The molecule has 0 radical (unpaired) electrons. The van der Waals surface area contributed by atoms with E-state index in [0.29, 0.717) is 44.1 Å².